The molecule has 1 atom stereocenters. The van der Waals surface area contributed by atoms with E-state index in [-0.39, 0.29) is 5.78 Å². The minimum absolute atomic E-state index is 0.0327. The van der Waals surface area contributed by atoms with Crippen LogP contribution in [0.3, 0.4) is 0 Å². The van der Waals surface area contributed by atoms with Gasteiger partial charge in [0.15, 0.2) is 11.9 Å². The molecule has 0 fully saturated rings. The number of hydrogen-bond donors (Lipinski definition) is 0. The molecule has 2 nitrogen and oxygen atoms in total. The van der Waals surface area contributed by atoms with Crippen LogP contribution in [0.4, 0.5) is 0 Å². The molecule has 0 radical (unpaired) electrons. The van der Waals surface area contributed by atoms with Crippen LogP contribution in [0.2, 0.25) is 0 Å². The first-order valence-corrected chi connectivity index (χ1v) is 5.04. The minimum atomic E-state index is -0.392. The molecule has 0 saturated heterocycles. The maximum atomic E-state index is 11.1. The van der Waals surface area contributed by atoms with Gasteiger partial charge in [-0.05, 0) is 26.8 Å². The number of allylic oxidation sites excluding steroid dienone is 1. The van der Waals surface area contributed by atoms with Crippen molar-refractivity contribution in [1.29, 1.82) is 0 Å². The molecular weight excluding hydrogens is 188 g/mol. The monoisotopic (exact) mass is 204 g/mol. The molecule has 0 heterocycles. The van der Waals surface area contributed by atoms with Crippen LogP contribution in [0, 0.1) is 0 Å². The average molecular weight is 204 g/mol. The van der Waals surface area contributed by atoms with Crippen LogP contribution in [0.5, 0.6) is 5.75 Å². The number of ketones is 1. The van der Waals surface area contributed by atoms with Gasteiger partial charge in [-0.2, -0.15) is 0 Å². The number of rotatable bonds is 4. The first kappa shape index (κ1) is 11.5. The largest absolute Gasteiger partial charge is 0.482 e. The lowest BCUT2D eigenvalue weighted by Gasteiger charge is -2.13. The highest BCUT2D eigenvalue weighted by atomic mass is 16.5. The Morgan fingerprint density at radius 2 is 2.07 bits per heavy atom. The van der Waals surface area contributed by atoms with Crippen molar-refractivity contribution in [3.8, 4) is 5.75 Å². The number of ether oxygens (including phenoxy) is 1. The van der Waals surface area contributed by atoms with Crippen LogP contribution in [0.25, 0.3) is 6.08 Å². The van der Waals surface area contributed by atoms with Crippen LogP contribution in [0.15, 0.2) is 30.3 Å². The molecule has 0 aliphatic carbocycles. The summed E-state index contributed by atoms with van der Waals surface area (Å²) in [4.78, 5) is 11.1. The number of para-hydroxylation sites is 1. The third-order valence-electron chi connectivity index (χ3n) is 2.14. The van der Waals surface area contributed by atoms with Gasteiger partial charge in [0.2, 0.25) is 0 Å². The zero-order chi connectivity index (χ0) is 11.3. The van der Waals surface area contributed by atoms with Crippen molar-refractivity contribution in [2.45, 2.75) is 26.9 Å². The van der Waals surface area contributed by atoms with Crippen LogP contribution in [-0.4, -0.2) is 11.9 Å². The molecule has 0 amide bonds. The smallest absolute Gasteiger partial charge is 0.169 e. The number of benzene rings is 1. The van der Waals surface area contributed by atoms with E-state index in [1.165, 1.54) is 6.92 Å². The fourth-order valence-corrected chi connectivity index (χ4v) is 1.18. The minimum Gasteiger partial charge on any atom is -0.482 e. The Balaban J connectivity index is 2.88. The van der Waals surface area contributed by atoms with Gasteiger partial charge >= 0.3 is 0 Å². The van der Waals surface area contributed by atoms with Crippen molar-refractivity contribution in [2.24, 2.45) is 0 Å². The molecule has 1 aromatic rings. The molecule has 0 aliphatic rings. The van der Waals surface area contributed by atoms with E-state index in [4.69, 9.17) is 4.74 Å². The standard InChI is InChI=1S/C13H16O2/c1-4-7-12-8-5-6-9-13(12)15-11(3)10(2)14/h4-9,11H,1-3H3/b7-4+/t11-/m1/s1. The number of Topliss-reactive ketones (excluding diaryl/α,β-unsaturated/α-hetero) is 1. The number of carbonyl (C=O) groups excluding carboxylic acids is 1. The summed E-state index contributed by atoms with van der Waals surface area (Å²) in [5.74, 6) is 0.781. The van der Waals surface area contributed by atoms with E-state index >= 15 is 0 Å². The molecule has 0 aromatic heterocycles. The predicted octanol–water partition coefficient (Wildman–Crippen LogP) is 3.08. The summed E-state index contributed by atoms with van der Waals surface area (Å²) in [7, 11) is 0. The van der Waals surface area contributed by atoms with Crippen molar-refractivity contribution in [3.63, 3.8) is 0 Å². The Kier molecular flexibility index (Phi) is 4.10. The zero-order valence-corrected chi connectivity index (χ0v) is 9.36. The molecule has 15 heavy (non-hydrogen) atoms. The maximum absolute atomic E-state index is 11.1. The summed E-state index contributed by atoms with van der Waals surface area (Å²) in [6, 6.07) is 7.67. The Morgan fingerprint density at radius 3 is 2.67 bits per heavy atom. The predicted molar refractivity (Wildman–Crippen MR) is 61.9 cm³/mol. The molecule has 0 spiro atoms. The Bertz CT molecular complexity index is 367. The van der Waals surface area contributed by atoms with E-state index in [2.05, 4.69) is 0 Å². The fourth-order valence-electron chi connectivity index (χ4n) is 1.18. The molecule has 1 rings (SSSR count). The average Bonchev–Trinajstić information content (AvgIpc) is 2.21. The van der Waals surface area contributed by atoms with Crippen LogP contribution in [0.1, 0.15) is 26.3 Å². The third kappa shape index (κ3) is 3.24. The number of carbonyl (C=O) groups is 1. The second kappa shape index (κ2) is 5.35. The third-order valence-corrected chi connectivity index (χ3v) is 2.14. The highest BCUT2D eigenvalue weighted by molar-refractivity contribution is 5.80. The lowest BCUT2D eigenvalue weighted by Crippen LogP contribution is -2.20. The van der Waals surface area contributed by atoms with Gasteiger partial charge in [-0.25, -0.2) is 0 Å². The summed E-state index contributed by atoms with van der Waals surface area (Å²) in [6.07, 6.45) is 3.51. The first-order valence-electron chi connectivity index (χ1n) is 5.04. The van der Waals surface area contributed by atoms with Gasteiger partial charge in [0.05, 0.1) is 0 Å². The SMILES string of the molecule is C/C=C/c1ccccc1O[C@H](C)C(C)=O. The van der Waals surface area contributed by atoms with Gasteiger partial charge in [0.25, 0.3) is 0 Å². The van der Waals surface area contributed by atoms with E-state index in [1.807, 2.05) is 43.3 Å². The second-order valence-electron chi connectivity index (χ2n) is 3.41. The topological polar surface area (TPSA) is 26.3 Å². The molecule has 0 N–H and O–H groups in total. The van der Waals surface area contributed by atoms with Gasteiger partial charge in [-0.1, -0.05) is 30.4 Å². The lowest BCUT2D eigenvalue weighted by atomic mass is 10.2. The molecule has 2 heteroatoms. The first-order chi connectivity index (χ1) is 7.15. The Hall–Kier alpha value is -1.57. The van der Waals surface area contributed by atoms with Gasteiger partial charge in [-0.15, -0.1) is 0 Å². The highest BCUT2D eigenvalue weighted by Crippen LogP contribution is 2.20. The van der Waals surface area contributed by atoms with Crippen molar-refractivity contribution in [2.75, 3.05) is 0 Å². The summed E-state index contributed by atoms with van der Waals surface area (Å²) in [6.45, 7) is 5.24. The highest BCUT2D eigenvalue weighted by Gasteiger charge is 2.10. The summed E-state index contributed by atoms with van der Waals surface area (Å²) < 4.78 is 5.56. The Morgan fingerprint density at radius 1 is 1.40 bits per heavy atom. The molecule has 0 saturated carbocycles. The molecule has 80 valence electrons. The second-order valence-corrected chi connectivity index (χ2v) is 3.41. The number of hydrogen-bond acceptors (Lipinski definition) is 2. The van der Waals surface area contributed by atoms with Crippen LogP contribution in [-0.2, 0) is 4.79 Å². The quantitative estimate of drug-likeness (QED) is 0.753. The summed E-state index contributed by atoms with van der Waals surface area (Å²) in [5.41, 5.74) is 0.994. The van der Waals surface area contributed by atoms with Crippen LogP contribution < -0.4 is 4.74 Å². The summed E-state index contributed by atoms with van der Waals surface area (Å²) >= 11 is 0. The van der Waals surface area contributed by atoms with Gasteiger partial charge in [0, 0.05) is 5.56 Å². The van der Waals surface area contributed by atoms with E-state index in [1.54, 1.807) is 6.92 Å². The molecule has 1 aromatic carbocycles. The van der Waals surface area contributed by atoms with E-state index < -0.39 is 6.10 Å². The summed E-state index contributed by atoms with van der Waals surface area (Å²) in [5, 5.41) is 0. The lowest BCUT2D eigenvalue weighted by molar-refractivity contribution is -0.122. The maximum Gasteiger partial charge on any atom is 0.169 e. The normalized spacial score (nSPS) is 12.7. The van der Waals surface area contributed by atoms with Crippen molar-refractivity contribution < 1.29 is 9.53 Å². The van der Waals surface area contributed by atoms with E-state index in [0.717, 1.165) is 11.3 Å². The fraction of sp³-hybridized carbons (Fsp3) is 0.308. The van der Waals surface area contributed by atoms with Gasteiger partial charge < -0.3 is 4.74 Å². The molecule has 0 aliphatic heterocycles. The van der Waals surface area contributed by atoms with E-state index in [9.17, 15) is 4.79 Å². The van der Waals surface area contributed by atoms with Crippen molar-refractivity contribution in [3.05, 3.63) is 35.9 Å². The molecule has 0 bridgehead atoms. The van der Waals surface area contributed by atoms with Gasteiger partial charge in [-0.3, -0.25) is 4.79 Å². The van der Waals surface area contributed by atoms with Crippen molar-refractivity contribution in [1.82, 2.24) is 0 Å². The van der Waals surface area contributed by atoms with Crippen LogP contribution >= 0.6 is 0 Å². The zero-order valence-electron chi connectivity index (χ0n) is 9.36. The molecule has 0 unspecified atom stereocenters. The van der Waals surface area contributed by atoms with Crippen molar-refractivity contribution >= 4 is 11.9 Å². The van der Waals surface area contributed by atoms with Gasteiger partial charge in [0.1, 0.15) is 5.75 Å². The molecular formula is C13H16O2. The Labute approximate surface area is 90.6 Å². The van der Waals surface area contributed by atoms with E-state index in [0.29, 0.717) is 0 Å².